The predicted molar refractivity (Wildman–Crippen MR) is 77.3 cm³/mol. The molecule has 0 amide bonds. The van der Waals surface area contributed by atoms with Crippen molar-refractivity contribution in [3.8, 4) is 5.75 Å². The molecule has 0 bridgehead atoms. The molecule has 0 radical (unpaired) electrons. The Kier molecular flexibility index (Phi) is 5.05. The number of nitrogen functional groups attached to an aromatic ring is 1. The monoisotopic (exact) mass is 264 g/mol. The molecular weight excluding hydrogens is 240 g/mol. The smallest absolute Gasteiger partial charge is 0.125 e. The average molecular weight is 264 g/mol. The number of methoxy groups -OCH3 is 1. The van der Waals surface area contributed by atoms with Crippen molar-refractivity contribution in [2.75, 3.05) is 32.5 Å². The van der Waals surface area contributed by atoms with Gasteiger partial charge in [-0.3, -0.25) is 4.90 Å². The van der Waals surface area contributed by atoms with Crippen LogP contribution in [0.25, 0.3) is 0 Å². The summed E-state index contributed by atoms with van der Waals surface area (Å²) in [5, 5.41) is 0. The number of nitrogens with two attached hydrogens (primary N) is 1. The lowest BCUT2D eigenvalue weighted by Crippen LogP contribution is -2.36. The molecule has 0 aromatic heterocycles. The van der Waals surface area contributed by atoms with Crippen LogP contribution in [0.3, 0.4) is 0 Å². The molecule has 0 aliphatic carbocycles. The molecule has 0 saturated carbocycles. The number of anilines is 1. The second-order valence-electron chi connectivity index (χ2n) is 5.00. The maximum Gasteiger partial charge on any atom is 0.125 e. The van der Waals surface area contributed by atoms with Gasteiger partial charge in [-0.25, -0.2) is 0 Å². The molecule has 1 aliphatic heterocycles. The van der Waals surface area contributed by atoms with Crippen LogP contribution in [0.2, 0.25) is 0 Å². The predicted octanol–water partition coefficient (Wildman–Crippen LogP) is 2.28. The number of benzene rings is 1. The number of nitrogens with zero attached hydrogens (tertiary/aromatic N) is 1. The van der Waals surface area contributed by atoms with Crippen molar-refractivity contribution >= 4 is 5.69 Å². The first-order valence-corrected chi connectivity index (χ1v) is 6.99. The van der Waals surface area contributed by atoms with Crippen LogP contribution >= 0.6 is 0 Å². The summed E-state index contributed by atoms with van der Waals surface area (Å²) in [6.07, 6.45) is 2.67. The van der Waals surface area contributed by atoms with Crippen LogP contribution in [0.15, 0.2) is 18.2 Å². The fourth-order valence-electron chi connectivity index (χ4n) is 2.60. The van der Waals surface area contributed by atoms with Gasteiger partial charge in [0.15, 0.2) is 0 Å². The zero-order chi connectivity index (χ0) is 13.7. The molecule has 1 saturated heterocycles. The van der Waals surface area contributed by atoms with Crippen molar-refractivity contribution in [1.29, 1.82) is 0 Å². The highest BCUT2D eigenvalue weighted by molar-refractivity contribution is 5.48. The minimum atomic E-state index is 0.439. The Bertz CT molecular complexity index is 401. The molecule has 1 aliphatic rings. The van der Waals surface area contributed by atoms with E-state index < -0.39 is 0 Å². The van der Waals surface area contributed by atoms with Crippen LogP contribution in [-0.2, 0) is 11.3 Å². The third-order valence-corrected chi connectivity index (χ3v) is 3.64. The molecule has 4 heteroatoms. The maximum atomic E-state index is 5.78. The lowest BCUT2D eigenvalue weighted by molar-refractivity contribution is 0.0124. The summed E-state index contributed by atoms with van der Waals surface area (Å²) in [4.78, 5) is 2.45. The van der Waals surface area contributed by atoms with Gasteiger partial charge < -0.3 is 15.2 Å². The van der Waals surface area contributed by atoms with Gasteiger partial charge in [0.25, 0.3) is 0 Å². The maximum absolute atomic E-state index is 5.78. The highest BCUT2D eigenvalue weighted by Crippen LogP contribution is 2.24. The summed E-state index contributed by atoms with van der Waals surface area (Å²) in [5.74, 6) is 0.881. The van der Waals surface area contributed by atoms with Crippen LogP contribution in [0.1, 0.15) is 25.3 Å². The summed E-state index contributed by atoms with van der Waals surface area (Å²) >= 11 is 0. The third kappa shape index (κ3) is 3.85. The summed E-state index contributed by atoms with van der Waals surface area (Å²) in [6, 6.07) is 5.88. The largest absolute Gasteiger partial charge is 0.496 e. The number of hydrogen-bond donors (Lipinski definition) is 1. The van der Waals surface area contributed by atoms with Crippen LogP contribution in [0, 0.1) is 0 Å². The number of rotatable bonds is 5. The minimum absolute atomic E-state index is 0.439. The Morgan fingerprint density at radius 1 is 1.32 bits per heavy atom. The highest BCUT2D eigenvalue weighted by Gasteiger charge is 2.20. The number of hydrogen-bond acceptors (Lipinski definition) is 4. The van der Waals surface area contributed by atoms with Crippen molar-refractivity contribution in [2.24, 2.45) is 0 Å². The summed E-state index contributed by atoms with van der Waals surface area (Å²) in [6.45, 7) is 5.96. The molecule has 1 fully saturated rings. The van der Waals surface area contributed by atoms with Gasteiger partial charge in [-0.2, -0.15) is 0 Å². The zero-order valence-electron chi connectivity index (χ0n) is 11.9. The van der Waals surface area contributed by atoms with Gasteiger partial charge in [0.05, 0.1) is 13.2 Å². The van der Waals surface area contributed by atoms with Gasteiger partial charge in [0.1, 0.15) is 5.75 Å². The Morgan fingerprint density at radius 2 is 2.05 bits per heavy atom. The SMILES string of the molecule is CCOC1CCN(Cc2ccc(N)cc2OC)CC1. The van der Waals surface area contributed by atoms with Gasteiger partial charge >= 0.3 is 0 Å². The van der Waals surface area contributed by atoms with E-state index in [1.807, 2.05) is 12.1 Å². The molecule has 0 atom stereocenters. The number of ether oxygens (including phenoxy) is 2. The Hall–Kier alpha value is -1.26. The topological polar surface area (TPSA) is 47.7 Å². The van der Waals surface area contributed by atoms with E-state index in [1.165, 1.54) is 5.56 Å². The standard InChI is InChI=1S/C15H24N2O2/c1-3-19-14-6-8-17(9-7-14)11-12-4-5-13(16)10-15(12)18-2/h4-5,10,14H,3,6-9,11,16H2,1-2H3. The Morgan fingerprint density at radius 3 is 2.68 bits per heavy atom. The lowest BCUT2D eigenvalue weighted by Gasteiger charge is -2.32. The van der Waals surface area contributed by atoms with E-state index in [4.69, 9.17) is 15.2 Å². The van der Waals surface area contributed by atoms with Crippen molar-refractivity contribution in [2.45, 2.75) is 32.4 Å². The zero-order valence-corrected chi connectivity index (χ0v) is 11.9. The molecule has 2 N–H and O–H groups in total. The summed E-state index contributed by atoms with van der Waals surface area (Å²) < 4.78 is 11.1. The van der Waals surface area contributed by atoms with E-state index in [0.29, 0.717) is 6.10 Å². The van der Waals surface area contributed by atoms with E-state index in [-0.39, 0.29) is 0 Å². The van der Waals surface area contributed by atoms with Gasteiger partial charge in [0, 0.05) is 43.6 Å². The van der Waals surface area contributed by atoms with Crippen molar-refractivity contribution in [1.82, 2.24) is 4.90 Å². The molecular formula is C15H24N2O2. The molecule has 0 spiro atoms. The van der Waals surface area contributed by atoms with E-state index in [1.54, 1.807) is 7.11 Å². The molecule has 1 aromatic rings. The fraction of sp³-hybridized carbons (Fsp3) is 0.600. The van der Waals surface area contributed by atoms with Crippen molar-refractivity contribution in [3.63, 3.8) is 0 Å². The van der Waals surface area contributed by atoms with Gasteiger partial charge in [-0.1, -0.05) is 6.07 Å². The Balaban J connectivity index is 1.92. The Labute approximate surface area is 115 Å². The number of likely N-dealkylation sites (tertiary alicyclic amines) is 1. The van der Waals surface area contributed by atoms with Crippen LogP contribution in [0.4, 0.5) is 5.69 Å². The van der Waals surface area contributed by atoms with Crippen molar-refractivity contribution in [3.05, 3.63) is 23.8 Å². The molecule has 2 rings (SSSR count). The lowest BCUT2D eigenvalue weighted by atomic mass is 10.1. The average Bonchev–Trinajstić information content (AvgIpc) is 2.43. The number of piperidine rings is 1. The third-order valence-electron chi connectivity index (χ3n) is 3.64. The van der Waals surface area contributed by atoms with E-state index in [0.717, 1.165) is 50.5 Å². The molecule has 1 aromatic carbocycles. The van der Waals surface area contributed by atoms with Gasteiger partial charge in [-0.15, -0.1) is 0 Å². The molecule has 19 heavy (non-hydrogen) atoms. The van der Waals surface area contributed by atoms with Gasteiger partial charge in [-0.05, 0) is 25.8 Å². The second kappa shape index (κ2) is 6.78. The first-order chi connectivity index (χ1) is 9.22. The minimum Gasteiger partial charge on any atom is -0.496 e. The molecule has 4 nitrogen and oxygen atoms in total. The quantitative estimate of drug-likeness (QED) is 0.829. The summed E-state index contributed by atoms with van der Waals surface area (Å²) in [7, 11) is 1.69. The highest BCUT2D eigenvalue weighted by atomic mass is 16.5. The molecule has 0 unspecified atom stereocenters. The second-order valence-corrected chi connectivity index (χ2v) is 5.00. The first kappa shape index (κ1) is 14.2. The van der Waals surface area contributed by atoms with E-state index in [9.17, 15) is 0 Å². The van der Waals surface area contributed by atoms with Crippen LogP contribution < -0.4 is 10.5 Å². The van der Waals surface area contributed by atoms with Crippen molar-refractivity contribution < 1.29 is 9.47 Å². The van der Waals surface area contributed by atoms with E-state index in [2.05, 4.69) is 17.9 Å². The van der Waals surface area contributed by atoms with Gasteiger partial charge in [0.2, 0.25) is 0 Å². The molecule has 1 heterocycles. The van der Waals surface area contributed by atoms with Crippen LogP contribution in [-0.4, -0.2) is 37.8 Å². The normalized spacial score (nSPS) is 17.6. The van der Waals surface area contributed by atoms with E-state index >= 15 is 0 Å². The molecule has 106 valence electrons. The summed E-state index contributed by atoms with van der Waals surface area (Å²) in [5.41, 5.74) is 7.72. The first-order valence-electron chi connectivity index (χ1n) is 6.99. The fourth-order valence-corrected chi connectivity index (χ4v) is 2.60. The van der Waals surface area contributed by atoms with Crippen LogP contribution in [0.5, 0.6) is 5.75 Å².